The Morgan fingerprint density at radius 1 is 1.03 bits per heavy atom. The monoisotopic (exact) mass is 446 g/mol. The van der Waals surface area contributed by atoms with Crippen molar-refractivity contribution in [1.82, 2.24) is 9.80 Å². The predicted molar refractivity (Wildman–Crippen MR) is 121 cm³/mol. The van der Waals surface area contributed by atoms with Crippen LogP contribution in [0.1, 0.15) is 24.1 Å². The second kappa shape index (κ2) is 12.2. The molecule has 1 fully saturated rings. The van der Waals surface area contributed by atoms with Gasteiger partial charge >= 0.3 is 5.97 Å². The van der Waals surface area contributed by atoms with Gasteiger partial charge < -0.3 is 14.6 Å². The second-order valence-corrected chi connectivity index (χ2v) is 8.26. The van der Waals surface area contributed by atoms with Crippen molar-refractivity contribution < 1.29 is 19.4 Å². The van der Waals surface area contributed by atoms with Crippen molar-refractivity contribution in [3.8, 4) is 0 Å². The smallest absolute Gasteiger partial charge is 0.332 e. The van der Waals surface area contributed by atoms with Gasteiger partial charge in [-0.1, -0.05) is 54.1 Å². The number of piperazine rings is 1. The predicted octanol–water partition coefficient (Wildman–Crippen LogP) is 2.99. The Hall–Kier alpha value is -1.96. The molecule has 0 amide bonds. The summed E-state index contributed by atoms with van der Waals surface area (Å²) in [6, 6.07) is 18.9. The number of hydrogen-bond acceptors (Lipinski definition) is 6. The van der Waals surface area contributed by atoms with Gasteiger partial charge in [0.1, 0.15) is 13.2 Å². The fourth-order valence-electron chi connectivity index (χ4n) is 3.74. The minimum absolute atomic E-state index is 0.000351. The van der Waals surface area contributed by atoms with Crippen molar-refractivity contribution in [2.45, 2.75) is 19.1 Å². The Balaban J connectivity index is 1.48. The third-order valence-corrected chi connectivity index (χ3v) is 5.58. The molecule has 6 nitrogen and oxygen atoms in total. The molecule has 7 heteroatoms. The van der Waals surface area contributed by atoms with Gasteiger partial charge in [0.15, 0.2) is 0 Å². The van der Waals surface area contributed by atoms with E-state index in [1.54, 1.807) is 6.92 Å². The van der Waals surface area contributed by atoms with Crippen LogP contribution >= 0.6 is 11.6 Å². The Morgan fingerprint density at radius 3 is 2.32 bits per heavy atom. The fraction of sp³-hybridized carbons (Fsp3) is 0.458. The van der Waals surface area contributed by atoms with Gasteiger partial charge in [-0.25, -0.2) is 4.79 Å². The van der Waals surface area contributed by atoms with Crippen molar-refractivity contribution in [2.24, 2.45) is 0 Å². The molecule has 3 rings (SSSR count). The maximum atomic E-state index is 11.5. The molecule has 0 bridgehead atoms. The van der Waals surface area contributed by atoms with Crippen LogP contribution in [-0.4, -0.2) is 79.5 Å². The maximum absolute atomic E-state index is 11.5. The van der Waals surface area contributed by atoms with Crippen LogP contribution in [0, 0.1) is 0 Å². The van der Waals surface area contributed by atoms with E-state index in [2.05, 4.69) is 46.2 Å². The van der Waals surface area contributed by atoms with Crippen LogP contribution in [0.15, 0.2) is 54.6 Å². The maximum Gasteiger partial charge on any atom is 0.332 e. The highest BCUT2D eigenvalue weighted by atomic mass is 35.5. The SMILES string of the molecule is CC(O)COC(=O)COCCN1CCN(C(c2ccccc2)c2ccc(Cl)cc2)CC1. The first kappa shape index (κ1) is 23.7. The third-order valence-electron chi connectivity index (χ3n) is 5.33. The quantitative estimate of drug-likeness (QED) is 0.447. The number of rotatable bonds is 10. The highest BCUT2D eigenvalue weighted by Crippen LogP contribution is 2.30. The van der Waals surface area contributed by atoms with E-state index in [0.717, 1.165) is 37.7 Å². The van der Waals surface area contributed by atoms with E-state index in [9.17, 15) is 4.79 Å². The Morgan fingerprint density at radius 2 is 1.68 bits per heavy atom. The van der Waals surface area contributed by atoms with Crippen LogP contribution in [0.2, 0.25) is 5.02 Å². The lowest BCUT2D eigenvalue weighted by Gasteiger charge is -2.39. The molecule has 0 radical (unpaired) electrons. The number of carbonyl (C=O) groups excluding carboxylic acids is 1. The van der Waals surface area contributed by atoms with Gasteiger partial charge in [-0.05, 0) is 30.2 Å². The molecule has 2 unspecified atom stereocenters. The lowest BCUT2D eigenvalue weighted by atomic mass is 9.96. The van der Waals surface area contributed by atoms with Crippen molar-refractivity contribution in [2.75, 3.05) is 52.5 Å². The first-order valence-electron chi connectivity index (χ1n) is 10.7. The summed E-state index contributed by atoms with van der Waals surface area (Å²) < 4.78 is 10.3. The zero-order valence-electron chi connectivity index (χ0n) is 18.0. The molecule has 0 saturated carbocycles. The molecule has 1 N–H and O–H groups in total. The lowest BCUT2D eigenvalue weighted by molar-refractivity contribution is -0.151. The van der Waals surface area contributed by atoms with Crippen LogP contribution in [0.5, 0.6) is 0 Å². The Bertz CT molecular complexity index is 793. The van der Waals surface area contributed by atoms with Crippen LogP contribution in [0.4, 0.5) is 0 Å². The van der Waals surface area contributed by atoms with Crippen LogP contribution in [0.3, 0.4) is 0 Å². The van der Waals surface area contributed by atoms with Crippen molar-refractivity contribution in [3.05, 3.63) is 70.7 Å². The van der Waals surface area contributed by atoms with Crippen molar-refractivity contribution in [3.63, 3.8) is 0 Å². The number of ether oxygens (including phenoxy) is 2. The van der Waals surface area contributed by atoms with E-state index >= 15 is 0 Å². The van der Waals surface area contributed by atoms with Crippen molar-refractivity contribution >= 4 is 17.6 Å². The summed E-state index contributed by atoms with van der Waals surface area (Å²) in [7, 11) is 0. The molecule has 168 valence electrons. The normalized spacial score (nSPS) is 17.3. The van der Waals surface area contributed by atoms with E-state index in [-0.39, 0.29) is 19.3 Å². The summed E-state index contributed by atoms with van der Waals surface area (Å²) in [6.45, 7) is 6.50. The average Bonchev–Trinajstić information content (AvgIpc) is 2.78. The molecule has 1 heterocycles. The summed E-state index contributed by atoms with van der Waals surface area (Å²) >= 11 is 6.11. The van der Waals surface area contributed by atoms with E-state index in [4.69, 9.17) is 26.2 Å². The molecule has 31 heavy (non-hydrogen) atoms. The summed E-state index contributed by atoms with van der Waals surface area (Å²) in [5, 5.41) is 9.87. The van der Waals surface area contributed by atoms with Gasteiger partial charge in [-0.3, -0.25) is 9.80 Å². The molecule has 0 aromatic heterocycles. The number of esters is 1. The van der Waals surface area contributed by atoms with Crippen LogP contribution < -0.4 is 0 Å². The van der Waals surface area contributed by atoms with E-state index in [1.165, 1.54) is 11.1 Å². The van der Waals surface area contributed by atoms with Gasteiger partial charge in [0.05, 0.1) is 18.8 Å². The molecular weight excluding hydrogens is 416 g/mol. The third kappa shape index (κ3) is 7.59. The molecule has 0 aliphatic carbocycles. The minimum Gasteiger partial charge on any atom is -0.461 e. The molecule has 2 aromatic rings. The average molecular weight is 447 g/mol. The molecule has 2 aromatic carbocycles. The van der Waals surface area contributed by atoms with Crippen LogP contribution in [0.25, 0.3) is 0 Å². The van der Waals surface area contributed by atoms with Gasteiger partial charge in [0, 0.05) is 37.7 Å². The molecule has 1 aliphatic heterocycles. The first-order valence-corrected chi connectivity index (χ1v) is 11.1. The largest absolute Gasteiger partial charge is 0.461 e. The lowest BCUT2D eigenvalue weighted by Crippen LogP contribution is -2.48. The number of halogens is 1. The Kier molecular flexibility index (Phi) is 9.31. The van der Waals surface area contributed by atoms with Crippen LogP contribution in [-0.2, 0) is 14.3 Å². The number of hydrogen-bond donors (Lipinski definition) is 1. The van der Waals surface area contributed by atoms with E-state index in [0.29, 0.717) is 6.61 Å². The number of nitrogens with zero attached hydrogens (tertiary/aromatic N) is 2. The number of benzene rings is 2. The topological polar surface area (TPSA) is 62.2 Å². The zero-order chi connectivity index (χ0) is 22.1. The summed E-state index contributed by atoms with van der Waals surface area (Å²) in [5.74, 6) is -0.445. The highest BCUT2D eigenvalue weighted by molar-refractivity contribution is 6.30. The molecular formula is C24H31ClN2O4. The van der Waals surface area contributed by atoms with Gasteiger partial charge in [0.25, 0.3) is 0 Å². The molecule has 0 spiro atoms. The Labute approximate surface area is 189 Å². The van der Waals surface area contributed by atoms with Gasteiger partial charge in [-0.15, -0.1) is 0 Å². The van der Waals surface area contributed by atoms with Gasteiger partial charge in [0.2, 0.25) is 0 Å². The van der Waals surface area contributed by atoms with E-state index in [1.807, 2.05) is 18.2 Å². The molecule has 1 aliphatic rings. The number of carbonyl (C=O) groups is 1. The fourth-order valence-corrected chi connectivity index (χ4v) is 3.87. The zero-order valence-corrected chi connectivity index (χ0v) is 18.7. The second-order valence-electron chi connectivity index (χ2n) is 7.83. The number of aliphatic hydroxyl groups is 1. The van der Waals surface area contributed by atoms with Gasteiger partial charge in [-0.2, -0.15) is 0 Å². The standard InChI is InChI=1S/C24H31ClN2O4/c1-19(28)17-31-23(29)18-30-16-15-26-11-13-27(14-12-26)24(20-5-3-2-4-6-20)21-7-9-22(25)10-8-21/h2-10,19,24,28H,11-18H2,1H3. The summed E-state index contributed by atoms with van der Waals surface area (Å²) in [5.41, 5.74) is 2.51. The van der Waals surface area contributed by atoms with Crippen molar-refractivity contribution in [1.29, 1.82) is 0 Å². The first-order chi connectivity index (χ1) is 15.0. The molecule has 1 saturated heterocycles. The minimum atomic E-state index is -0.659. The summed E-state index contributed by atoms with van der Waals surface area (Å²) in [4.78, 5) is 16.4. The highest BCUT2D eigenvalue weighted by Gasteiger charge is 2.26. The number of aliphatic hydroxyl groups excluding tert-OH is 1. The molecule has 2 atom stereocenters. The van der Waals surface area contributed by atoms with E-state index < -0.39 is 12.1 Å². The summed E-state index contributed by atoms with van der Waals surface area (Å²) in [6.07, 6.45) is -0.659.